The molecular formula is C22H20F3N3O2S3. The summed E-state index contributed by atoms with van der Waals surface area (Å²) in [5.74, 6) is 0.134. The highest BCUT2D eigenvalue weighted by Crippen LogP contribution is 2.43. The monoisotopic (exact) mass is 511 g/mol. The van der Waals surface area contributed by atoms with Crippen molar-refractivity contribution in [2.75, 3.05) is 0 Å². The highest BCUT2D eigenvalue weighted by Gasteiger charge is 2.33. The fourth-order valence-corrected chi connectivity index (χ4v) is 6.83. The summed E-state index contributed by atoms with van der Waals surface area (Å²) in [6.45, 7) is 4.31. The predicted octanol–water partition coefficient (Wildman–Crippen LogP) is 5.64. The highest BCUT2D eigenvalue weighted by molar-refractivity contribution is 8.01. The normalized spacial score (nSPS) is 12.2. The zero-order valence-corrected chi connectivity index (χ0v) is 20.4. The molecule has 0 amide bonds. The van der Waals surface area contributed by atoms with Crippen molar-refractivity contribution in [1.82, 2.24) is 14.1 Å². The summed E-state index contributed by atoms with van der Waals surface area (Å²) < 4.78 is 44.2. The van der Waals surface area contributed by atoms with E-state index in [1.54, 1.807) is 22.2 Å². The Kier molecular flexibility index (Phi) is 6.56. The summed E-state index contributed by atoms with van der Waals surface area (Å²) in [5.41, 5.74) is -1.48. The van der Waals surface area contributed by atoms with E-state index in [4.69, 9.17) is 0 Å². The van der Waals surface area contributed by atoms with Crippen LogP contribution in [0.1, 0.15) is 29.9 Å². The van der Waals surface area contributed by atoms with Gasteiger partial charge in [-0.15, -0.1) is 22.7 Å². The molecule has 4 aromatic rings. The van der Waals surface area contributed by atoms with E-state index in [9.17, 15) is 22.8 Å². The first-order chi connectivity index (χ1) is 15.6. The van der Waals surface area contributed by atoms with Crippen LogP contribution < -0.4 is 11.2 Å². The van der Waals surface area contributed by atoms with Gasteiger partial charge in [0.25, 0.3) is 5.56 Å². The average molecular weight is 512 g/mol. The number of hydrogen-bond acceptors (Lipinski definition) is 6. The first-order valence-electron chi connectivity index (χ1n) is 10.1. The number of alkyl halides is 3. The molecule has 0 saturated carbocycles. The average Bonchev–Trinajstić information content (AvgIpc) is 3.38. The van der Waals surface area contributed by atoms with Gasteiger partial charge in [0.1, 0.15) is 4.83 Å². The van der Waals surface area contributed by atoms with Crippen LogP contribution in [0, 0.1) is 5.92 Å². The van der Waals surface area contributed by atoms with Gasteiger partial charge in [-0.05, 0) is 17.5 Å². The number of rotatable bonds is 6. The van der Waals surface area contributed by atoms with Crippen molar-refractivity contribution < 1.29 is 13.2 Å². The van der Waals surface area contributed by atoms with E-state index in [0.29, 0.717) is 30.9 Å². The van der Waals surface area contributed by atoms with Crippen LogP contribution in [0.4, 0.5) is 13.2 Å². The maximum Gasteiger partial charge on any atom is 0.416 e. The van der Waals surface area contributed by atoms with Gasteiger partial charge in [-0.25, -0.2) is 9.78 Å². The summed E-state index contributed by atoms with van der Waals surface area (Å²) in [6, 6.07) is 5.44. The Hall–Kier alpha value is -2.37. The Bertz CT molecular complexity index is 1420. The Balaban J connectivity index is 1.99. The smallest absolute Gasteiger partial charge is 0.284 e. The van der Waals surface area contributed by atoms with E-state index in [1.165, 1.54) is 53.6 Å². The van der Waals surface area contributed by atoms with E-state index in [0.717, 1.165) is 10.6 Å². The molecule has 3 aromatic heterocycles. The number of fused-ring (bicyclic) bond motifs is 1. The summed E-state index contributed by atoms with van der Waals surface area (Å²) >= 11 is 3.84. The third kappa shape index (κ3) is 4.67. The third-order valence-corrected chi connectivity index (χ3v) is 8.40. The molecular weight excluding hydrogens is 491 g/mol. The van der Waals surface area contributed by atoms with Gasteiger partial charge in [0.2, 0.25) is 0 Å². The SMILES string of the molecule is CC(C)Cn1c(=O)n(C)c(=O)c2c(Sc3nccs3)c(Cc3ccccc3C(F)(F)F)sc21. The van der Waals surface area contributed by atoms with Crippen LogP contribution in [0.2, 0.25) is 0 Å². The third-order valence-electron chi connectivity index (χ3n) is 5.02. The van der Waals surface area contributed by atoms with Crippen LogP contribution in [0.15, 0.2) is 54.7 Å². The Morgan fingerprint density at radius 2 is 1.91 bits per heavy atom. The molecule has 0 fully saturated rings. The Morgan fingerprint density at radius 1 is 1.18 bits per heavy atom. The first-order valence-corrected chi connectivity index (χ1v) is 12.6. The number of benzene rings is 1. The van der Waals surface area contributed by atoms with E-state index in [-0.39, 0.29) is 17.9 Å². The van der Waals surface area contributed by atoms with Crippen LogP contribution in [0.25, 0.3) is 10.2 Å². The Labute approximate surface area is 199 Å². The topological polar surface area (TPSA) is 56.9 Å². The van der Waals surface area contributed by atoms with Crippen molar-refractivity contribution in [3.63, 3.8) is 0 Å². The van der Waals surface area contributed by atoms with Gasteiger partial charge in [-0.2, -0.15) is 13.2 Å². The number of thiophene rings is 1. The highest BCUT2D eigenvalue weighted by atomic mass is 32.2. The maximum absolute atomic E-state index is 13.6. The van der Waals surface area contributed by atoms with Crippen LogP contribution >= 0.6 is 34.4 Å². The molecule has 33 heavy (non-hydrogen) atoms. The molecule has 0 N–H and O–H groups in total. The van der Waals surface area contributed by atoms with E-state index in [1.807, 2.05) is 13.8 Å². The van der Waals surface area contributed by atoms with Gasteiger partial charge in [0.05, 0.1) is 10.9 Å². The molecule has 174 valence electrons. The molecule has 11 heteroatoms. The molecule has 0 aliphatic carbocycles. The number of nitrogens with zero attached hydrogens (tertiary/aromatic N) is 3. The molecule has 1 aromatic carbocycles. The van der Waals surface area contributed by atoms with E-state index < -0.39 is 23.0 Å². The van der Waals surface area contributed by atoms with Gasteiger partial charge >= 0.3 is 11.9 Å². The van der Waals surface area contributed by atoms with Crippen LogP contribution in [0.5, 0.6) is 0 Å². The lowest BCUT2D eigenvalue weighted by Gasteiger charge is -2.12. The fraction of sp³-hybridized carbons (Fsp3) is 0.318. The molecule has 4 rings (SSSR count). The van der Waals surface area contributed by atoms with Crippen molar-refractivity contribution >= 4 is 44.7 Å². The lowest BCUT2D eigenvalue weighted by molar-refractivity contribution is -0.138. The largest absolute Gasteiger partial charge is 0.416 e. The van der Waals surface area contributed by atoms with Crippen LogP contribution in [-0.2, 0) is 26.2 Å². The molecule has 0 aliphatic rings. The van der Waals surface area contributed by atoms with Gasteiger partial charge in [-0.3, -0.25) is 13.9 Å². The molecule has 0 spiro atoms. The predicted molar refractivity (Wildman–Crippen MR) is 127 cm³/mol. The first kappa shape index (κ1) is 23.8. The van der Waals surface area contributed by atoms with Crippen molar-refractivity contribution in [1.29, 1.82) is 0 Å². The summed E-state index contributed by atoms with van der Waals surface area (Å²) in [6.07, 6.45) is -2.87. The molecule has 3 heterocycles. The molecule has 5 nitrogen and oxygen atoms in total. The standard InChI is InChI=1S/C22H20F3N3O2S3/c1-12(2)11-28-19-16(18(29)27(3)21(28)30)17(33-20-26-8-9-31-20)15(32-19)10-13-6-4-5-7-14(13)22(23,24)25/h4-9,12H,10-11H2,1-3H3. The maximum atomic E-state index is 13.6. The van der Waals surface area contributed by atoms with Gasteiger partial charge in [0.15, 0.2) is 4.34 Å². The van der Waals surface area contributed by atoms with Crippen molar-refractivity contribution in [2.45, 2.75) is 42.2 Å². The zero-order chi connectivity index (χ0) is 23.9. The van der Waals surface area contributed by atoms with Gasteiger partial charge in [0, 0.05) is 41.4 Å². The Morgan fingerprint density at radius 3 is 2.55 bits per heavy atom. The summed E-state index contributed by atoms with van der Waals surface area (Å²) in [4.78, 5) is 32.0. The van der Waals surface area contributed by atoms with Gasteiger partial charge < -0.3 is 0 Å². The summed E-state index contributed by atoms with van der Waals surface area (Å²) in [5, 5.41) is 2.14. The van der Waals surface area contributed by atoms with Crippen molar-refractivity contribution in [3.8, 4) is 0 Å². The number of halogens is 3. The lowest BCUT2D eigenvalue weighted by Crippen LogP contribution is -2.38. The van der Waals surface area contributed by atoms with Crippen molar-refractivity contribution in [3.05, 3.63) is 72.7 Å². The summed E-state index contributed by atoms with van der Waals surface area (Å²) in [7, 11) is 1.43. The lowest BCUT2D eigenvalue weighted by atomic mass is 10.0. The van der Waals surface area contributed by atoms with E-state index in [2.05, 4.69) is 4.98 Å². The molecule has 0 atom stereocenters. The second-order valence-corrected chi connectivity index (χ2v) is 11.2. The fourth-order valence-electron chi connectivity index (χ4n) is 3.57. The van der Waals surface area contributed by atoms with Crippen LogP contribution in [-0.4, -0.2) is 14.1 Å². The molecule has 0 saturated heterocycles. The molecule has 0 bridgehead atoms. The van der Waals surface area contributed by atoms with Crippen molar-refractivity contribution in [2.24, 2.45) is 13.0 Å². The second kappa shape index (κ2) is 9.11. The number of thiazole rings is 1. The minimum Gasteiger partial charge on any atom is -0.284 e. The molecule has 0 aliphatic heterocycles. The number of aromatic nitrogens is 3. The number of hydrogen-bond donors (Lipinski definition) is 0. The minimum atomic E-state index is -4.49. The zero-order valence-electron chi connectivity index (χ0n) is 18.0. The molecule has 0 unspecified atom stereocenters. The quantitative estimate of drug-likeness (QED) is 0.336. The minimum absolute atomic E-state index is 0.0121. The van der Waals surface area contributed by atoms with Gasteiger partial charge in [-0.1, -0.05) is 43.8 Å². The van der Waals surface area contributed by atoms with Crippen LogP contribution in [0.3, 0.4) is 0 Å². The second-order valence-electron chi connectivity index (χ2n) is 7.92. The molecule has 0 radical (unpaired) electrons. The van der Waals surface area contributed by atoms with E-state index >= 15 is 0 Å².